The Labute approximate surface area is 212 Å². The van der Waals surface area contributed by atoms with Gasteiger partial charge in [0.25, 0.3) is 5.91 Å². The number of rotatable bonds is 11. The Hall–Kier alpha value is -2.79. The molecule has 0 radical (unpaired) electrons. The average molecular weight is 504 g/mol. The highest BCUT2D eigenvalue weighted by atomic mass is 16.7. The molecule has 2 amide bonds. The number of carbonyl (C=O) groups is 2. The number of aliphatic imine (C=N–C) groups is 1. The molecule has 0 aromatic heterocycles. The number of hydrogen-bond acceptors (Lipinski definition) is 8. The highest BCUT2D eigenvalue weighted by Gasteiger charge is 2.55. The maximum atomic E-state index is 14.1. The summed E-state index contributed by atoms with van der Waals surface area (Å²) in [6.07, 6.45) is -0.166. The summed E-state index contributed by atoms with van der Waals surface area (Å²) < 4.78 is 21.6. The second kappa shape index (κ2) is 12.0. The molecule has 10 nitrogen and oxygen atoms in total. The van der Waals surface area contributed by atoms with Crippen molar-refractivity contribution in [1.29, 1.82) is 0 Å². The van der Waals surface area contributed by atoms with Crippen LogP contribution in [0.4, 0.5) is 0 Å². The van der Waals surface area contributed by atoms with Crippen LogP contribution in [0.25, 0.3) is 0 Å². The number of fused-ring (bicyclic) bond motifs is 1. The van der Waals surface area contributed by atoms with Crippen LogP contribution in [0.15, 0.2) is 46.8 Å². The van der Waals surface area contributed by atoms with E-state index >= 15 is 0 Å². The number of allylic oxidation sites excluding steroid dienone is 1. The smallest absolute Gasteiger partial charge is 0.270 e. The molecule has 10 heteroatoms. The molecule has 2 aliphatic heterocycles. The van der Waals surface area contributed by atoms with Gasteiger partial charge >= 0.3 is 0 Å². The van der Waals surface area contributed by atoms with Crippen LogP contribution in [0.1, 0.15) is 38.7 Å². The van der Waals surface area contributed by atoms with Gasteiger partial charge < -0.3 is 29.4 Å². The number of aliphatic hydroxyl groups is 1. The molecule has 0 fully saturated rings. The fraction of sp³-hybridized carbons (Fsp3) is 0.577. The van der Waals surface area contributed by atoms with E-state index in [9.17, 15) is 14.7 Å². The highest BCUT2D eigenvalue weighted by Crippen LogP contribution is 2.36. The Balaban J connectivity index is 2.09. The SMILES string of the molecule is CC[C@H](C)C1=C2N=C(OC)[C@](O)(C[C@H](CC(OC)OC)OC)C(=O)N2[C@H](Cc2ccccc2)C(=O)N1. The molecule has 0 saturated heterocycles. The number of benzene rings is 1. The minimum absolute atomic E-state index is 0.0825. The van der Waals surface area contributed by atoms with Gasteiger partial charge in [-0.1, -0.05) is 44.2 Å². The highest BCUT2D eigenvalue weighted by molar-refractivity contribution is 6.12. The summed E-state index contributed by atoms with van der Waals surface area (Å²) >= 11 is 0. The second-order valence-electron chi connectivity index (χ2n) is 9.10. The summed E-state index contributed by atoms with van der Waals surface area (Å²) in [6, 6.07) is 8.51. The molecule has 0 unspecified atom stereocenters. The number of hydrogen-bond donors (Lipinski definition) is 2. The number of carbonyl (C=O) groups excluding carboxylic acids is 2. The molecule has 0 bridgehead atoms. The zero-order valence-electron chi connectivity index (χ0n) is 21.8. The number of nitrogens with zero attached hydrogens (tertiary/aromatic N) is 2. The van der Waals surface area contributed by atoms with E-state index in [4.69, 9.17) is 18.9 Å². The summed E-state index contributed by atoms with van der Waals surface area (Å²) in [6.45, 7) is 3.93. The normalized spacial score (nSPS) is 23.8. The van der Waals surface area contributed by atoms with Gasteiger partial charge in [0.05, 0.1) is 18.9 Å². The zero-order valence-corrected chi connectivity index (χ0v) is 21.8. The lowest BCUT2D eigenvalue weighted by Gasteiger charge is -2.45. The van der Waals surface area contributed by atoms with Crippen LogP contribution in [0.2, 0.25) is 0 Å². The Morgan fingerprint density at radius 3 is 2.33 bits per heavy atom. The Bertz CT molecular complexity index is 993. The van der Waals surface area contributed by atoms with Gasteiger partial charge in [0.2, 0.25) is 17.4 Å². The Morgan fingerprint density at radius 2 is 1.78 bits per heavy atom. The largest absolute Gasteiger partial charge is 0.482 e. The third-order valence-corrected chi connectivity index (χ3v) is 6.88. The molecule has 0 aliphatic carbocycles. The van der Waals surface area contributed by atoms with Gasteiger partial charge in [0.1, 0.15) is 6.04 Å². The number of methoxy groups -OCH3 is 4. The molecule has 2 aliphatic rings. The van der Waals surface area contributed by atoms with E-state index in [1.165, 1.54) is 33.3 Å². The number of nitrogens with one attached hydrogen (secondary N) is 1. The molecule has 2 heterocycles. The quantitative estimate of drug-likeness (QED) is 0.443. The molecule has 2 N–H and O–H groups in total. The lowest BCUT2D eigenvalue weighted by Crippen LogP contribution is -2.65. The first-order valence-corrected chi connectivity index (χ1v) is 12.1. The van der Waals surface area contributed by atoms with E-state index in [1.54, 1.807) is 0 Å². The minimum Gasteiger partial charge on any atom is -0.482 e. The topological polar surface area (TPSA) is 119 Å². The van der Waals surface area contributed by atoms with E-state index in [2.05, 4.69) is 10.3 Å². The first-order valence-electron chi connectivity index (χ1n) is 12.1. The minimum atomic E-state index is -2.15. The monoisotopic (exact) mass is 503 g/mol. The third kappa shape index (κ3) is 5.46. The van der Waals surface area contributed by atoms with Gasteiger partial charge in [-0.05, 0) is 17.9 Å². The van der Waals surface area contributed by atoms with Crippen molar-refractivity contribution in [3.05, 3.63) is 47.4 Å². The molecular formula is C26H37N3O7. The summed E-state index contributed by atoms with van der Waals surface area (Å²) in [5.74, 6) is -0.957. The molecular weight excluding hydrogens is 466 g/mol. The van der Waals surface area contributed by atoms with Crippen LogP contribution in [0, 0.1) is 5.92 Å². The molecule has 4 atom stereocenters. The summed E-state index contributed by atoms with van der Waals surface area (Å²) in [4.78, 5) is 33.4. The van der Waals surface area contributed by atoms with Gasteiger partial charge in [0, 0.05) is 40.6 Å². The Kier molecular flexibility index (Phi) is 9.24. The van der Waals surface area contributed by atoms with Crippen molar-refractivity contribution in [2.24, 2.45) is 10.9 Å². The molecule has 0 saturated carbocycles. The van der Waals surface area contributed by atoms with E-state index in [0.717, 1.165) is 5.56 Å². The number of ether oxygens (including phenoxy) is 4. The third-order valence-electron chi connectivity index (χ3n) is 6.88. The predicted octanol–water partition coefficient (Wildman–Crippen LogP) is 1.97. The summed E-state index contributed by atoms with van der Waals surface area (Å²) in [5, 5.41) is 14.8. The van der Waals surface area contributed by atoms with Crippen molar-refractivity contribution in [3.8, 4) is 0 Å². The lowest BCUT2D eigenvalue weighted by atomic mass is 9.88. The van der Waals surface area contributed by atoms with Crippen molar-refractivity contribution in [1.82, 2.24) is 10.2 Å². The number of amides is 2. The standard InChI is InChI=1S/C26H37N3O7/c1-7-16(2)21-22-28-24(36-6)26(32,15-18(33-3)14-20(34-4)35-5)25(31)29(22)19(23(30)27-21)13-17-11-9-8-10-12-17/h8-12,16,18-20,32H,7,13-15H2,1-6H3,(H,27,30)/t16-,18-,19+,26+/m0/s1. The van der Waals surface area contributed by atoms with Crippen LogP contribution in [-0.4, -0.2) is 80.2 Å². The van der Waals surface area contributed by atoms with Gasteiger partial charge in [-0.15, -0.1) is 0 Å². The van der Waals surface area contributed by atoms with Crippen molar-refractivity contribution >= 4 is 17.7 Å². The predicted molar refractivity (Wildman–Crippen MR) is 133 cm³/mol. The molecule has 1 aromatic rings. The fourth-order valence-electron chi connectivity index (χ4n) is 4.55. The van der Waals surface area contributed by atoms with E-state index < -0.39 is 29.9 Å². The first kappa shape index (κ1) is 27.8. The molecule has 3 rings (SSSR count). The maximum Gasteiger partial charge on any atom is 0.270 e. The van der Waals surface area contributed by atoms with Crippen molar-refractivity contribution in [3.63, 3.8) is 0 Å². The molecule has 198 valence electrons. The van der Waals surface area contributed by atoms with Crippen LogP contribution >= 0.6 is 0 Å². The molecule has 1 aromatic carbocycles. The summed E-state index contributed by atoms with van der Waals surface area (Å²) in [5.41, 5.74) is -0.753. The van der Waals surface area contributed by atoms with E-state index in [-0.39, 0.29) is 42.8 Å². The average Bonchev–Trinajstić information content (AvgIpc) is 2.89. The zero-order chi connectivity index (χ0) is 26.5. The second-order valence-corrected chi connectivity index (χ2v) is 9.10. The Morgan fingerprint density at radius 1 is 1.11 bits per heavy atom. The van der Waals surface area contributed by atoms with Gasteiger partial charge in [0.15, 0.2) is 12.1 Å². The van der Waals surface area contributed by atoms with Crippen molar-refractivity contribution in [2.75, 3.05) is 28.4 Å². The van der Waals surface area contributed by atoms with E-state index in [0.29, 0.717) is 12.1 Å². The first-order chi connectivity index (χ1) is 17.2. The van der Waals surface area contributed by atoms with Crippen LogP contribution < -0.4 is 5.32 Å². The van der Waals surface area contributed by atoms with Gasteiger partial charge in [-0.25, -0.2) is 0 Å². The molecule has 36 heavy (non-hydrogen) atoms. The van der Waals surface area contributed by atoms with E-state index in [1.807, 2.05) is 44.2 Å². The van der Waals surface area contributed by atoms with Crippen molar-refractivity contribution in [2.45, 2.75) is 63.6 Å². The van der Waals surface area contributed by atoms with Crippen molar-refractivity contribution < 1.29 is 33.6 Å². The maximum absolute atomic E-state index is 14.1. The van der Waals surface area contributed by atoms with Crippen LogP contribution in [-0.2, 0) is 35.0 Å². The molecule has 0 spiro atoms. The summed E-state index contributed by atoms with van der Waals surface area (Å²) in [7, 11) is 5.83. The van der Waals surface area contributed by atoms with Gasteiger partial charge in [-0.2, -0.15) is 4.99 Å². The lowest BCUT2D eigenvalue weighted by molar-refractivity contribution is -0.158. The fourth-order valence-corrected chi connectivity index (χ4v) is 4.55. The van der Waals surface area contributed by atoms with Gasteiger partial charge in [-0.3, -0.25) is 14.5 Å². The van der Waals surface area contributed by atoms with Crippen LogP contribution in [0.5, 0.6) is 0 Å². The van der Waals surface area contributed by atoms with Crippen LogP contribution in [0.3, 0.4) is 0 Å².